The molecule has 0 aliphatic rings. The highest BCUT2D eigenvalue weighted by molar-refractivity contribution is 7.88. The molecule has 4 heteroatoms. The van der Waals surface area contributed by atoms with Gasteiger partial charge in [0.25, 0.3) is 0 Å². The minimum absolute atomic E-state index is 0.507. The first-order chi connectivity index (χ1) is 8.48. The van der Waals surface area contributed by atoms with E-state index in [4.69, 9.17) is 0 Å². The predicted molar refractivity (Wildman–Crippen MR) is 75.1 cm³/mol. The third kappa shape index (κ3) is 2.89. The second-order valence-electron chi connectivity index (χ2n) is 4.47. The molecule has 0 aliphatic heterocycles. The van der Waals surface area contributed by atoms with Crippen LogP contribution in [0.5, 0.6) is 0 Å². The van der Waals surface area contributed by atoms with Gasteiger partial charge >= 0.3 is 0 Å². The summed E-state index contributed by atoms with van der Waals surface area (Å²) in [6.07, 6.45) is 1.96. The zero-order valence-electron chi connectivity index (χ0n) is 10.6. The Morgan fingerprint density at radius 2 is 1.72 bits per heavy atom. The summed E-state index contributed by atoms with van der Waals surface area (Å²) in [5.74, 6) is 0. The number of sulfonamides is 1. The summed E-state index contributed by atoms with van der Waals surface area (Å²) in [6, 6.07) is 14.3. The van der Waals surface area contributed by atoms with E-state index in [1.165, 1.54) is 26.9 Å². The Balaban J connectivity index is 2.23. The van der Waals surface area contributed by atoms with Crippen molar-refractivity contribution in [1.82, 2.24) is 4.31 Å². The molecule has 0 aliphatic carbocycles. The zero-order valence-corrected chi connectivity index (χ0v) is 11.4. The van der Waals surface area contributed by atoms with Crippen molar-refractivity contribution < 1.29 is 8.42 Å². The monoisotopic (exact) mass is 263 g/mol. The third-order valence-corrected chi connectivity index (χ3v) is 4.46. The van der Waals surface area contributed by atoms with Crippen LogP contribution >= 0.6 is 0 Å². The Hall–Kier alpha value is -1.39. The largest absolute Gasteiger partial charge is 0.213 e. The topological polar surface area (TPSA) is 37.4 Å². The van der Waals surface area contributed by atoms with Gasteiger partial charge in [-0.3, -0.25) is 0 Å². The highest BCUT2D eigenvalue weighted by Crippen LogP contribution is 2.19. The Morgan fingerprint density at radius 3 is 2.44 bits per heavy atom. The van der Waals surface area contributed by atoms with Crippen molar-refractivity contribution >= 4 is 20.8 Å². The van der Waals surface area contributed by atoms with E-state index < -0.39 is 10.0 Å². The lowest BCUT2D eigenvalue weighted by molar-refractivity contribution is 0.478. The molecule has 96 valence electrons. The minimum atomic E-state index is -3.09. The summed E-state index contributed by atoms with van der Waals surface area (Å²) < 4.78 is 24.1. The highest BCUT2D eigenvalue weighted by Gasteiger charge is 2.10. The van der Waals surface area contributed by atoms with Crippen LogP contribution in [0.4, 0.5) is 0 Å². The van der Waals surface area contributed by atoms with Gasteiger partial charge in [0.2, 0.25) is 10.0 Å². The summed E-state index contributed by atoms with van der Waals surface area (Å²) in [6.45, 7) is 0.507. The van der Waals surface area contributed by atoms with E-state index >= 15 is 0 Å². The molecule has 0 saturated heterocycles. The summed E-state index contributed by atoms with van der Waals surface area (Å²) in [5.41, 5.74) is 1.18. The number of likely N-dealkylation sites (N-methyl/N-ethyl adjacent to an activating group) is 1. The summed E-state index contributed by atoms with van der Waals surface area (Å²) in [7, 11) is -1.48. The molecule has 0 N–H and O–H groups in total. The van der Waals surface area contributed by atoms with E-state index in [0.717, 1.165) is 6.42 Å². The Labute approximate surface area is 108 Å². The molecule has 0 unspecified atom stereocenters. The quantitative estimate of drug-likeness (QED) is 0.848. The van der Waals surface area contributed by atoms with Crippen LogP contribution < -0.4 is 0 Å². The van der Waals surface area contributed by atoms with E-state index in [9.17, 15) is 8.42 Å². The molecular weight excluding hydrogens is 246 g/mol. The molecule has 18 heavy (non-hydrogen) atoms. The first kappa shape index (κ1) is 13.1. The van der Waals surface area contributed by atoms with E-state index in [-0.39, 0.29) is 0 Å². The van der Waals surface area contributed by atoms with Gasteiger partial charge in [0.05, 0.1) is 6.26 Å². The van der Waals surface area contributed by atoms with Crippen molar-refractivity contribution in [2.45, 2.75) is 6.42 Å². The van der Waals surface area contributed by atoms with Crippen LogP contribution in [0.15, 0.2) is 42.5 Å². The smallest absolute Gasteiger partial charge is 0.210 e. The molecule has 0 fully saturated rings. The molecule has 0 bridgehead atoms. The van der Waals surface area contributed by atoms with Crippen LogP contribution in [0, 0.1) is 0 Å². The Kier molecular flexibility index (Phi) is 3.68. The van der Waals surface area contributed by atoms with Crippen LogP contribution in [-0.4, -0.2) is 32.6 Å². The van der Waals surface area contributed by atoms with Gasteiger partial charge in [-0.05, 0) is 22.8 Å². The van der Waals surface area contributed by atoms with E-state index in [1.54, 1.807) is 7.05 Å². The fourth-order valence-electron chi connectivity index (χ4n) is 1.95. The van der Waals surface area contributed by atoms with Gasteiger partial charge in [-0.15, -0.1) is 0 Å². The normalized spacial score (nSPS) is 12.2. The molecule has 0 radical (unpaired) electrons. The Bertz CT molecular complexity index is 644. The molecule has 2 aromatic carbocycles. The molecule has 0 heterocycles. The first-order valence-corrected chi connectivity index (χ1v) is 7.71. The van der Waals surface area contributed by atoms with Gasteiger partial charge in [0, 0.05) is 13.6 Å². The fourth-order valence-corrected chi connectivity index (χ4v) is 2.38. The maximum absolute atomic E-state index is 11.3. The van der Waals surface area contributed by atoms with Gasteiger partial charge in [0.1, 0.15) is 0 Å². The van der Waals surface area contributed by atoms with E-state index in [2.05, 4.69) is 24.3 Å². The molecule has 0 saturated carbocycles. The van der Waals surface area contributed by atoms with Crippen molar-refractivity contribution in [1.29, 1.82) is 0 Å². The standard InChI is InChI=1S/C14H17NO2S/c1-15(18(2,16)17)11-10-13-8-5-7-12-6-3-4-9-14(12)13/h3-9H,10-11H2,1-2H3. The molecule has 2 rings (SSSR count). The van der Waals surface area contributed by atoms with Crippen molar-refractivity contribution in [3.63, 3.8) is 0 Å². The molecule has 0 atom stereocenters. The van der Waals surface area contributed by atoms with Gasteiger partial charge in [0.15, 0.2) is 0 Å². The lowest BCUT2D eigenvalue weighted by Gasteiger charge is -2.14. The second kappa shape index (κ2) is 5.08. The number of fused-ring (bicyclic) bond motifs is 1. The lowest BCUT2D eigenvalue weighted by Crippen LogP contribution is -2.27. The Morgan fingerprint density at radius 1 is 1.06 bits per heavy atom. The maximum atomic E-state index is 11.3. The zero-order chi connectivity index (χ0) is 13.2. The van der Waals surface area contributed by atoms with Crippen LogP contribution in [0.3, 0.4) is 0 Å². The van der Waals surface area contributed by atoms with Crippen LogP contribution in [0.1, 0.15) is 5.56 Å². The number of rotatable bonds is 4. The minimum Gasteiger partial charge on any atom is -0.213 e. The molecule has 3 nitrogen and oxygen atoms in total. The van der Waals surface area contributed by atoms with E-state index in [0.29, 0.717) is 6.54 Å². The SMILES string of the molecule is CN(CCc1cccc2ccccc12)S(C)(=O)=O. The van der Waals surface area contributed by atoms with Gasteiger partial charge in [-0.25, -0.2) is 12.7 Å². The van der Waals surface area contributed by atoms with Gasteiger partial charge < -0.3 is 0 Å². The van der Waals surface area contributed by atoms with Crippen molar-refractivity contribution in [3.8, 4) is 0 Å². The first-order valence-electron chi connectivity index (χ1n) is 5.86. The summed E-state index contributed by atoms with van der Waals surface area (Å²) >= 11 is 0. The lowest BCUT2D eigenvalue weighted by atomic mass is 10.0. The third-order valence-electron chi connectivity index (χ3n) is 3.14. The maximum Gasteiger partial charge on any atom is 0.210 e. The number of hydrogen-bond donors (Lipinski definition) is 0. The number of benzene rings is 2. The van der Waals surface area contributed by atoms with Crippen molar-refractivity contribution in [3.05, 3.63) is 48.0 Å². The predicted octanol–water partition coefficient (Wildman–Crippen LogP) is 2.27. The van der Waals surface area contributed by atoms with Crippen LogP contribution in [0.2, 0.25) is 0 Å². The molecule has 2 aromatic rings. The number of nitrogens with zero attached hydrogens (tertiary/aromatic N) is 1. The van der Waals surface area contributed by atoms with Crippen LogP contribution in [-0.2, 0) is 16.4 Å². The fraction of sp³-hybridized carbons (Fsp3) is 0.286. The van der Waals surface area contributed by atoms with Gasteiger partial charge in [-0.1, -0.05) is 42.5 Å². The van der Waals surface area contributed by atoms with E-state index in [1.807, 2.05) is 18.2 Å². The van der Waals surface area contributed by atoms with Crippen molar-refractivity contribution in [2.75, 3.05) is 19.8 Å². The summed E-state index contributed by atoms with van der Waals surface area (Å²) in [5, 5.41) is 2.39. The van der Waals surface area contributed by atoms with Crippen molar-refractivity contribution in [2.24, 2.45) is 0 Å². The highest BCUT2D eigenvalue weighted by atomic mass is 32.2. The number of hydrogen-bond acceptors (Lipinski definition) is 2. The molecule has 0 spiro atoms. The molecule has 0 aromatic heterocycles. The molecular formula is C14H17NO2S. The van der Waals surface area contributed by atoms with Gasteiger partial charge in [-0.2, -0.15) is 0 Å². The average molecular weight is 263 g/mol. The second-order valence-corrected chi connectivity index (χ2v) is 6.56. The average Bonchev–Trinajstić information content (AvgIpc) is 2.34. The van der Waals surface area contributed by atoms with Crippen LogP contribution in [0.25, 0.3) is 10.8 Å². The molecule has 0 amide bonds. The summed E-state index contributed by atoms with van der Waals surface area (Å²) in [4.78, 5) is 0.